The number of imide groups is 1. The van der Waals surface area contributed by atoms with Crippen LogP contribution < -0.4 is 0 Å². The number of amides is 2. The fourth-order valence-corrected chi connectivity index (χ4v) is 4.13. The minimum atomic E-state index is -0.0976. The Kier molecular flexibility index (Phi) is 2.51. The molecule has 4 heteroatoms. The van der Waals surface area contributed by atoms with E-state index in [1.165, 1.54) is 17.7 Å². The molecule has 104 valence electrons. The third-order valence-corrected chi connectivity index (χ3v) is 5.26. The fraction of sp³-hybridized carbons (Fsp3) is 0.500. The van der Waals surface area contributed by atoms with Gasteiger partial charge < -0.3 is 4.90 Å². The van der Waals surface area contributed by atoms with E-state index in [0.29, 0.717) is 23.2 Å². The van der Waals surface area contributed by atoms with E-state index in [-0.39, 0.29) is 17.9 Å². The first kappa shape index (κ1) is 12.1. The number of piperidine rings is 1. The van der Waals surface area contributed by atoms with Gasteiger partial charge in [0.15, 0.2) is 0 Å². The highest BCUT2D eigenvalue weighted by Crippen LogP contribution is 2.38. The van der Waals surface area contributed by atoms with E-state index in [4.69, 9.17) is 0 Å². The van der Waals surface area contributed by atoms with Crippen molar-refractivity contribution in [2.24, 2.45) is 0 Å². The molecule has 2 bridgehead atoms. The second kappa shape index (κ2) is 4.16. The topological polar surface area (TPSA) is 40.6 Å². The highest BCUT2D eigenvalue weighted by molar-refractivity contribution is 6.21. The van der Waals surface area contributed by atoms with Gasteiger partial charge in [-0.25, -0.2) is 0 Å². The maximum absolute atomic E-state index is 12.5. The van der Waals surface area contributed by atoms with Gasteiger partial charge in [-0.05, 0) is 44.9 Å². The van der Waals surface area contributed by atoms with Crippen LogP contribution in [0, 0.1) is 0 Å². The lowest BCUT2D eigenvalue weighted by Gasteiger charge is -2.39. The third kappa shape index (κ3) is 1.51. The lowest BCUT2D eigenvalue weighted by molar-refractivity contribution is 0.0439. The number of benzene rings is 1. The quantitative estimate of drug-likeness (QED) is 0.732. The molecule has 3 aliphatic heterocycles. The minimum Gasteiger partial charge on any atom is -0.300 e. The van der Waals surface area contributed by atoms with Crippen LogP contribution in [0.4, 0.5) is 0 Å². The summed E-state index contributed by atoms with van der Waals surface area (Å²) in [5.74, 6) is -0.195. The maximum Gasteiger partial charge on any atom is 0.261 e. The molecule has 3 heterocycles. The Bertz CT molecular complexity index is 549. The predicted molar refractivity (Wildman–Crippen MR) is 74.5 cm³/mol. The van der Waals surface area contributed by atoms with Crippen molar-refractivity contribution in [2.75, 3.05) is 7.05 Å². The van der Waals surface area contributed by atoms with Crippen molar-refractivity contribution in [1.29, 1.82) is 0 Å². The van der Waals surface area contributed by atoms with Gasteiger partial charge in [-0.2, -0.15) is 0 Å². The summed E-state index contributed by atoms with van der Waals surface area (Å²) in [7, 11) is 2.17. The average molecular weight is 270 g/mol. The van der Waals surface area contributed by atoms with Gasteiger partial charge >= 0.3 is 0 Å². The van der Waals surface area contributed by atoms with E-state index in [9.17, 15) is 9.59 Å². The molecule has 1 aromatic carbocycles. The standard InChI is InChI=1S/C16H18N2O2/c1-17-10-6-7-11(17)9-12(8-10)18-15(19)13-4-2-3-5-14(13)16(18)20/h2-5,10-12H,6-9H2,1H3/t10-,11+,12?. The molecule has 2 amide bonds. The summed E-state index contributed by atoms with van der Waals surface area (Å²) < 4.78 is 0. The van der Waals surface area contributed by atoms with Crippen LogP contribution >= 0.6 is 0 Å². The number of carbonyl (C=O) groups excluding carboxylic acids is 2. The smallest absolute Gasteiger partial charge is 0.261 e. The van der Waals surface area contributed by atoms with Gasteiger partial charge in [0.25, 0.3) is 11.8 Å². The molecule has 1 unspecified atom stereocenters. The minimum absolute atomic E-state index is 0.0797. The highest BCUT2D eigenvalue weighted by atomic mass is 16.2. The van der Waals surface area contributed by atoms with Gasteiger partial charge in [-0.15, -0.1) is 0 Å². The average Bonchev–Trinajstić information content (AvgIpc) is 2.82. The van der Waals surface area contributed by atoms with Gasteiger partial charge in [0.1, 0.15) is 0 Å². The van der Waals surface area contributed by atoms with Crippen molar-refractivity contribution in [3.8, 4) is 0 Å². The Balaban J connectivity index is 1.65. The van der Waals surface area contributed by atoms with Crippen molar-refractivity contribution in [3.05, 3.63) is 35.4 Å². The SMILES string of the molecule is CN1[C@@H]2CC[C@H]1CC(N1C(=O)c3ccccc3C1=O)C2. The van der Waals surface area contributed by atoms with E-state index >= 15 is 0 Å². The zero-order chi connectivity index (χ0) is 13.9. The molecule has 2 saturated heterocycles. The number of hydrogen-bond donors (Lipinski definition) is 0. The first-order chi connectivity index (χ1) is 9.66. The van der Waals surface area contributed by atoms with Crippen LogP contribution in [0.1, 0.15) is 46.4 Å². The molecule has 0 spiro atoms. The van der Waals surface area contributed by atoms with E-state index < -0.39 is 0 Å². The van der Waals surface area contributed by atoms with Gasteiger partial charge in [0.05, 0.1) is 11.1 Å². The van der Waals surface area contributed by atoms with E-state index in [0.717, 1.165) is 12.8 Å². The molecular formula is C16H18N2O2. The normalized spacial score (nSPS) is 32.9. The molecule has 3 atom stereocenters. The summed E-state index contributed by atoms with van der Waals surface area (Å²) >= 11 is 0. The first-order valence-corrected chi connectivity index (χ1v) is 7.35. The number of fused-ring (bicyclic) bond motifs is 3. The van der Waals surface area contributed by atoms with E-state index in [2.05, 4.69) is 11.9 Å². The van der Waals surface area contributed by atoms with Crippen molar-refractivity contribution >= 4 is 11.8 Å². The molecule has 4 rings (SSSR count). The van der Waals surface area contributed by atoms with Crippen LogP contribution in [0.3, 0.4) is 0 Å². The van der Waals surface area contributed by atoms with Crippen LogP contribution in [0.2, 0.25) is 0 Å². The zero-order valence-electron chi connectivity index (χ0n) is 11.6. The lowest BCUT2D eigenvalue weighted by Crippen LogP contribution is -2.50. The van der Waals surface area contributed by atoms with E-state index in [1.807, 2.05) is 12.1 Å². The maximum atomic E-state index is 12.5. The summed E-state index contributed by atoms with van der Waals surface area (Å²) in [5.41, 5.74) is 1.15. The monoisotopic (exact) mass is 270 g/mol. The first-order valence-electron chi connectivity index (χ1n) is 7.35. The number of hydrogen-bond acceptors (Lipinski definition) is 3. The summed E-state index contributed by atoms with van der Waals surface area (Å²) in [5, 5.41) is 0. The third-order valence-electron chi connectivity index (χ3n) is 5.26. The molecule has 3 aliphatic rings. The highest BCUT2D eigenvalue weighted by Gasteiger charge is 2.46. The Morgan fingerprint density at radius 2 is 1.40 bits per heavy atom. The Hall–Kier alpha value is -1.68. The summed E-state index contributed by atoms with van der Waals surface area (Å²) in [6.07, 6.45) is 4.25. The fourth-order valence-electron chi connectivity index (χ4n) is 4.13. The number of carbonyl (C=O) groups is 2. The Morgan fingerprint density at radius 3 is 1.90 bits per heavy atom. The van der Waals surface area contributed by atoms with Gasteiger partial charge in [0.2, 0.25) is 0 Å². The molecule has 2 fully saturated rings. The molecule has 0 aromatic heterocycles. The van der Waals surface area contributed by atoms with Crippen molar-refractivity contribution in [2.45, 2.75) is 43.8 Å². The van der Waals surface area contributed by atoms with Crippen molar-refractivity contribution in [3.63, 3.8) is 0 Å². The molecule has 0 saturated carbocycles. The van der Waals surface area contributed by atoms with Crippen LogP contribution in [0.15, 0.2) is 24.3 Å². The van der Waals surface area contributed by atoms with Gasteiger partial charge in [0, 0.05) is 18.1 Å². The van der Waals surface area contributed by atoms with E-state index in [1.54, 1.807) is 12.1 Å². The molecule has 1 aromatic rings. The Labute approximate surface area is 118 Å². The largest absolute Gasteiger partial charge is 0.300 e. The molecule has 0 N–H and O–H groups in total. The second-order valence-corrected chi connectivity index (χ2v) is 6.20. The van der Waals surface area contributed by atoms with Crippen LogP contribution in [-0.2, 0) is 0 Å². The van der Waals surface area contributed by atoms with Crippen molar-refractivity contribution < 1.29 is 9.59 Å². The second-order valence-electron chi connectivity index (χ2n) is 6.20. The summed E-state index contributed by atoms with van der Waals surface area (Å²) in [6, 6.07) is 8.32. The summed E-state index contributed by atoms with van der Waals surface area (Å²) in [4.78, 5) is 29.0. The lowest BCUT2D eigenvalue weighted by atomic mass is 9.96. The van der Waals surface area contributed by atoms with Crippen LogP contribution in [0.5, 0.6) is 0 Å². The Morgan fingerprint density at radius 1 is 0.900 bits per heavy atom. The van der Waals surface area contributed by atoms with Gasteiger partial charge in [-0.3, -0.25) is 14.5 Å². The summed E-state index contributed by atoms with van der Waals surface area (Å²) in [6.45, 7) is 0. The van der Waals surface area contributed by atoms with Crippen LogP contribution in [0.25, 0.3) is 0 Å². The molecule has 0 radical (unpaired) electrons. The molecular weight excluding hydrogens is 252 g/mol. The predicted octanol–water partition coefficient (Wildman–Crippen LogP) is 1.91. The van der Waals surface area contributed by atoms with Gasteiger partial charge in [-0.1, -0.05) is 12.1 Å². The zero-order valence-corrected chi connectivity index (χ0v) is 11.6. The molecule has 0 aliphatic carbocycles. The van der Waals surface area contributed by atoms with Crippen LogP contribution in [-0.4, -0.2) is 46.8 Å². The number of rotatable bonds is 1. The molecule has 4 nitrogen and oxygen atoms in total. The van der Waals surface area contributed by atoms with Crippen molar-refractivity contribution in [1.82, 2.24) is 9.80 Å². The molecule has 20 heavy (non-hydrogen) atoms. The number of nitrogens with zero attached hydrogens (tertiary/aromatic N) is 2.